The van der Waals surface area contributed by atoms with Crippen molar-refractivity contribution in [2.24, 2.45) is 0 Å². The minimum atomic E-state index is 0.155. The van der Waals surface area contributed by atoms with Gasteiger partial charge in [-0.05, 0) is 24.1 Å². The van der Waals surface area contributed by atoms with E-state index in [9.17, 15) is 9.59 Å². The molecule has 0 bridgehead atoms. The van der Waals surface area contributed by atoms with E-state index in [1.54, 1.807) is 6.92 Å². The third kappa shape index (κ3) is 4.08. The maximum absolute atomic E-state index is 12.3. The quantitative estimate of drug-likeness (QED) is 0.830. The lowest BCUT2D eigenvalue weighted by Gasteiger charge is -2.48. The number of hydrogen-bond acceptors (Lipinski definition) is 3. The Hall–Kier alpha value is -1.59. The Morgan fingerprint density at radius 1 is 1.04 bits per heavy atom. The molecule has 2 amide bonds. The molecule has 2 saturated heterocycles. The summed E-state index contributed by atoms with van der Waals surface area (Å²) in [7, 11) is 0. The lowest BCUT2D eigenvalue weighted by molar-refractivity contribution is -0.140. The summed E-state index contributed by atoms with van der Waals surface area (Å²) in [5.74, 6) is 0.380. The molecule has 6 heteroatoms. The van der Waals surface area contributed by atoms with Crippen molar-refractivity contribution >= 4 is 23.4 Å². The van der Waals surface area contributed by atoms with Gasteiger partial charge < -0.3 is 9.80 Å². The predicted octanol–water partition coefficient (Wildman–Crippen LogP) is 1.65. The van der Waals surface area contributed by atoms with E-state index in [4.69, 9.17) is 11.6 Å². The molecule has 3 rings (SSSR count). The maximum Gasteiger partial charge on any atom is 0.223 e. The fourth-order valence-corrected chi connectivity index (χ4v) is 3.48. The second-order valence-electron chi connectivity index (χ2n) is 6.62. The first-order chi connectivity index (χ1) is 11.5. The summed E-state index contributed by atoms with van der Waals surface area (Å²) in [6, 6.07) is 8.13. The summed E-state index contributed by atoms with van der Waals surface area (Å²) in [5.41, 5.74) is 1.14. The molecular formula is C18H24ClN3O2. The maximum atomic E-state index is 12.3. The molecule has 0 saturated carbocycles. The third-order valence-corrected chi connectivity index (χ3v) is 5.28. The molecule has 0 unspecified atom stereocenters. The SMILES string of the molecule is CC(=O)N1CCN(C2CN(C(=O)CCc3ccc(Cl)cc3)C2)CC1. The molecule has 0 atom stereocenters. The van der Waals surface area contributed by atoms with Gasteiger partial charge in [0.15, 0.2) is 0 Å². The Morgan fingerprint density at radius 3 is 2.25 bits per heavy atom. The van der Waals surface area contributed by atoms with E-state index in [-0.39, 0.29) is 11.8 Å². The molecule has 1 aromatic carbocycles. The van der Waals surface area contributed by atoms with Gasteiger partial charge in [0.2, 0.25) is 11.8 Å². The number of piperazine rings is 1. The summed E-state index contributed by atoms with van der Waals surface area (Å²) >= 11 is 5.87. The highest BCUT2D eigenvalue weighted by atomic mass is 35.5. The van der Waals surface area contributed by atoms with Gasteiger partial charge in [0, 0.05) is 63.7 Å². The Morgan fingerprint density at radius 2 is 1.67 bits per heavy atom. The van der Waals surface area contributed by atoms with E-state index >= 15 is 0 Å². The summed E-state index contributed by atoms with van der Waals surface area (Å²) in [4.78, 5) is 29.9. The molecule has 130 valence electrons. The molecule has 5 nitrogen and oxygen atoms in total. The van der Waals surface area contributed by atoms with Crippen molar-refractivity contribution in [3.8, 4) is 0 Å². The number of amides is 2. The van der Waals surface area contributed by atoms with Gasteiger partial charge in [0.25, 0.3) is 0 Å². The van der Waals surface area contributed by atoms with Crippen LogP contribution in [0.4, 0.5) is 0 Å². The number of aryl methyl sites for hydroxylation is 1. The van der Waals surface area contributed by atoms with E-state index in [2.05, 4.69) is 4.90 Å². The molecule has 2 aliphatic heterocycles. The summed E-state index contributed by atoms with van der Waals surface area (Å²) in [6.07, 6.45) is 1.31. The summed E-state index contributed by atoms with van der Waals surface area (Å²) in [5, 5.41) is 0.723. The van der Waals surface area contributed by atoms with Gasteiger partial charge in [0.1, 0.15) is 0 Å². The standard InChI is InChI=1S/C18H24ClN3O2/c1-14(23)20-8-10-21(11-9-20)17-12-22(13-17)18(24)7-4-15-2-5-16(19)6-3-15/h2-3,5-6,17H,4,7-13H2,1H3. The van der Waals surface area contributed by atoms with Crippen LogP contribution in [-0.2, 0) is 16.0 Å². The molecule has 0 spiro atoms. The van der Waals surface area contributed by atoms with Crippen LogP contribution in [0.1, 0.15) is 18.9 Å². The van der Waals surface area contributed by atoms with Crippen molar-refractivity contribution in [1.29, 1.82) is 0 Å². The number of nitrogens with zero attached hydrogens (tertiary/aromatic N) is 3. The number of halogens is 1. The van der Waals surface area contributed by atoms with Crippen LogP contribution >= 0.6 is 11.6 Å². The number of hydrogen-bond donors (Lipinski definition) is 0. The van der Waals surface area contributed by atoms with E-state index < -0.39 is 0 Å². The monoisotopic (exact) mass is 349 g/mol. The zero-order valence-corrected chi connectivity index (χ0v) is 14.8. The van der Waals surface area contributed by atoms with Crippen LogP contribution in [0.25, 0.3) is 0 Å². The molecule has 0 aromatic heterocycles. The third-order valence-electron chi connectivity index (χ3n) is 5.03. The van der Waals surface area contributed by atoms with Crippen molar-refractivity contribution in [3.05, 3.63) is 34.9 Å². The Bertz CT molecular complexity index is 591. The average molecular weight is 350 g/mol. The molecule has 0 aliphatic carbocycles. The van der Waals surface area contributed by atoms with E-state index in [0.717, 1.165) is 56.3 Å². The molecule has 2 heterocycles. The zero-order chi connectivity index (χ0) is 17.1. The van der Waals surface area contributed by atoms with E-state index in [1.807, 2.05) is 34.1 Å². The Balaban J connectivity index is 1.38. The van der Waals surface area contributed by atoms with Crippen LogP contribution in [-0.4, -0.2) is 71.8 Å². The van der Waals surface area contributed by atoms with Crippen LogP contribution in [0.3, 0.4) is 0 Å². The van der Waals surface area contributed by atoms with Crippen LogP contribution < -0.4 is 0 Å². The van der Waals surface area contributed by atoms with Gasteiger partial charge in [0.05, 0.1) is 0 Å². The van der Waals surface area contributed by atoms with E-state index in [1.165, 1.54) is 0 Å². The van der Waals surface area contributed by atoms with Gasteiger partial charge in [-0.3, -0.25) is 14.5 Å². The molecular weight excluding hydrogens is 326 g/mol. The number of rotatable bonds is 4. The van der Waals surface area contributed by atoms with Gasteiger partial charge in [-0.25, -0.2) is 0 Å². The highest BCUT2D eigenvalue weighted by molar-refractivity contribution is 6.30. The zero-order valence-electron chi connectivity index (χ0n) is 14.1. The van der Waals surface area contributed by atoms with Gasteiger partial charge in [-0.2, -0.15) is 0 Å². The lowest BCUT2D eigenvalue weighted by atomic mass is 10.0. The van der Waals surface area contributed by atoms with Crippen LogP contribution in [0, 0.1) is 0 Å². The molecule has 24 heavy (non-hydrogen) atoms. The molecule has 2 aliphatic rings. The van der Waals surface area contributed by atoms with Gasteiger partial charge in [-0.15, -0.1) is 0 Å². The van der Waals surface area contributed by atoms with Gasteiger partial charge in [-0.1, -0.05) is 23.7 Å². The number of benzene rings is 1. The van der Waals surface area contributed by atoms with Crippen LogP contribution in [0.15, 0.2) is 24.3 Å². The van der Waals surface area contributed by atoms with E-state index in [0.29, 0.717) is 12.5 Å². The molecule has 0 N–H and O–H groups in total. The molecule has 1 aromatic rings. The molecule has 0 radical (unpaired) electrons. The second kappa shape index (κ2) is 7.53. The minimum Gasteiger partial charge on any atom is -0.340 e. The lowest BCUT2D eigenvalue weighted by Crippen LogP contribution is -2.64. The van der Waals surface area contributed by atoms with Crippen molar-refractivity contribution in [1.82, 2.24) is 14.7 Å². The minimum absolute atomic E-state index is 0.155. The highest BCUT2D eigenvalue weighted by Gasteiger charge is 2.35. The highest BCUT2D eigenvalue weighted by Crippen LogP contribution is 2.19. The molecule has 2 fully saturated rings. The van der Waals surface area contributed by atoms with Crippen molar-refractivity contribution in [2.45, 2.75) is 25.8 Å². The van der Waals surface area contributed by atoms with Crippen molar-refractivity contribution in [3.63, 3.8) is 0 Å². The Kier molecular flexibility index (Phi) is 5.41. The summed E-state index contributed by atoms with van der Waals surface area (Å²) in [6.45, 7) is 6.69. The van der Waals surface area contributed by atoms with Crippen molar-refractivity contribution in [2.75, 3.05) is 39.3 Å². The Labute approximate surface area is 148 Å². The van der Waals surface area contributed by atoms with Gasteiger partial charge >= 0.3 is 0 Å². The smallest absolute Gasteiger partial charge is 0.223 e. The average Bonchev–Trinajstić information content (AvgIpc) is 2.53. The predicted molar refractivity (Wildman–Crippen MR) is 94.0 cm³/mol. The fourth-order valence-electron chi connectivity index (χ4n) is 3.35. The largest absolute Gasteiger partial charge is 0.340 e. The second-order valence-corrected chi connectivity index (χ2v) is 7.06. The number of carbonyl (C=O) groups is 2. The number of carbonyl (C=O) groups excluding carboxylic acids is 2. The fraction of sp³-hybridized carbons (Fsp3) is 0.556. The van der Waals surface area contributed by atoms with Crippen molar-refractivity contribution < 1.29 is 9.59 Å². The van der Waals surface area contributed by atoms with Crippen LogP contribution in [0.2, 0.25) is 5.02 Å². The van der Waals surface area contributed by atoms with Crippen LogP contribution in [0.5, 0.6) is 0 Å². The topological polar surface area (TPSA) is 43.9 Å². The first-order valence-corrected chi connectivity index (χ1v) is 8.92. The first-order valence-electron chi connectivity index (χ1n) is 8.54. The normalized spacial score (nSPS) is 19.2. The first kappa shape index (κ1) is 17.2. The summed E-state index contributed by atoms with van der Waals surface area (Å²) < 4.78 is 0. The number of likely N-dealkylation sites (tertiary alicyclic amines) is 1.